The molecule has 18 heavy (non-hydrogen) atoms. The molecule has 1 aliphatic heterocycles. The molecular formula is C11H22N2O4S. The van der Waals surface area contributed by atoms with Crippen molar-refractivity contribution in [3.05, 3.63) is 0 Å². The number of carbonyl (C=O) groups is 1. The van der Waals surface area contributed by atoms with E-state index in [0.717, 1.165) is 6.42 Å². The molecule has 0 bridgehead atoms. The van der Waals surface area contributed by atoms with Gasteiger partial charge in [0.05, 0.1) is 11.4 Å². The largest absolute Gasteiger partial charge is 0.389 e. The molecule has 0 aromatic heterocycles. The van der Waals surface area contributed by atoms with E-state index >= 15 is 0 Å². The third kappa shape index (κ3) is 5.32. The zero-order valence-electron chi connectivity index (χ0n) is 10.7. The lowest BCUT2D eigenvalue weighted by molar-refractivity contribution is -0.118. The summed E-state index contributed by atoms with van der Waals surface area (Å²) >= 11 is 0. The molecule has 1 aliphatic rings. The van der Waals surface area contributed by atoms with Crippen LogP contribution in [0.5, 0.6) is 0 Å². The Morgan fingerprint density at radius 2 is 2.00 bits per heavy atom. The summed E-state index contributed by atoms with van der Waals surface area (Å²) in [5.74, 6) is -1.36. The molecule has 0 spiro atoms. The third-order valence-corrected chi connectivity index (χ3v) is 4.63. The lowest BCUT2D eigenvalue weighted by Gasteiger charge is -2.32. The summed E-state index contributed by atoms with van der Waals surface area (Å²) in [7, 11) is -3.56. The van der Waals surface area contributed by atoms with E-state index in [1.54, 1.807) is 0 Å². The van der Waals surface area contributed by atoms with Gasteiger partial charge in [0.25, 0.3) is 0 Å². The Balaban J connectivity index is 2.50. The Hall–Kier alpha value is -0.660. The van der Waals surface area contributed by atoms with Crippen molar-refractivity contribution in [2.24, 2.45) is 0 Å². The predicted molar refractivity (Wildman–Crippen MR) is 69.0 cm³/mol. The fourth-order valence-corrected chi connectivity index (χ4v) is 3.72. The van der Waals surface area contributed by atoms with Crippen molar-refractivity contribution in [3.8, 4) is 0 Å². The highest BCUT2D eigenvalue weighted by atomic mass is 32.2. The average molecular weight is 278 g/mol. The van der Waals surface area contributed by atoms with Gasteiger partial charge in [-0.1, -0.05) is 6.92 Å². The smallest absolute Gasteiger partial charge is 0.235 e. The van der Waals surface area contributed by atoms with Gasteiger partial charge in [-0.25, -0.2) is 8.42 Å². The second kappa shape index (κ2) is 6.49. The molecule has 0 radical (unpaired) electrons. The number of carbonyl (C=O) groups excluding carboxylic acids is 1. The van der Waals surface area contributed by atoms with Crippen molar-refractivity contribution in [1.29, 1.82) is 0 Å². The average Bonchev–Trinajstić information content (AvgIpc) is 2.25. The Bertz CT molecular complexity index is 375. The Labute approximate surface area is 108 Å². The van der Waals surface area contributed by atoms with Crippen LogP contribution in [-0.4, -0.2) is 56.2 Å². The summed E-state index contributed by atoms with van der Waals surface area (Å²) in [5, 5.41) is 15.7. The summed E-state index contributed by atoms with van der Waals surface area (Å²) in [6.07, 6.45) is 1.58. The SMILES string of the molecule is CCCNC(=O)CS(=O)(=O)CC1(O)CCNCC1. The Morgan fingerprint density at radius 1 is 1.39 bits per heavy atom. The normalized spacial score (nSPS) is 19.4. The van der Waals surface area contributed by atoms with Crippen LogP contribution in [-0.2, 0) is 14.6 Å². The minimum atomic E-state index is -3.56. The second-order valence-electron chi connectivity index (χ2n) is 4.86. The molecule has 0 aliphatic carbocycles. The van der Waals surface area contributed by atoms with Crippen molar-refractivity contribution in [2.75, 3.05) is 31.1 Å². The van der Waals surface area contributed by atoms with Gasteiger partial charge in [0.2, 0.25) is 5.91 Å². The first-order chi connectivity index (χ1) is 8.37. The van der Waals surface area contributed by atoms with Crippen molar-refractivity contribution in [2.45, 2.75) is 31.8 Å². The predicted octanol–water partition coefficient (Wildman–Crippen LogP) is -0.958. The summed E-state index contributed by atoms with van der Waals surface area (Å²) in [4.78, 5) is 11.4. The molecule has 1 saturated heterocycles. The maximum Gasteiger partial charge on any atom is 0.235 e. The van der Waals surface area contributed by atoms with Crippen LogP contribution in [0.4, 0.5) is 0 Å². The molecule has 6 nitrogen and oxygen atoms in total. The van der Waals surface area contributed by atoms with Crippen LogP contribution in [0.25, 0.3) is 0 Å². The van der Waals surface area contributed by atoms with E-state index < -0.39 is 27.1 Å². The van der Waals surface area contributed by atoms with E-state index in [1.807, 2.05) is 6.92 Å². The number of rotatable bonds is 6. The van der Waals surface area contributed by atoms with Gasteiger partial charge in [-0.05, 0) is 32.4 Å². The molecule has 1 fully saturated rings. The lowest BCUT2D eigenvalue weighted by atomic mass is 9.95. The molecule has 0 saturated carbocycles. The standard InChI is InChI=1S/C11H22N2O4S/c1-2-5-13-10(14)8-18(16,17)9-11(15)3-6-12-7-4-11/h12,15H,2-9H2,1H3,(H,13,14). The van der Waals surface area contributed by atoms with E-state index in [4.69, 9.17) is 0 Å². The Kier molecular flexibility index (Phi) is 5.55. The minimum absolute atomic E-state index is 0.332. The van der Waals surface area contributed by atoms with Gasteiger partial charge in [0, 0.05) is 6.54 Å². The molecule has 0 aromatic rings. The number of piperidine rings is 1. The molecule has 0 atom stereocenters. The number of sulfone groups is 1. The molecule has 106 valence electrons. The molecule has 1 rings (SSSR count). The van der Waals surface area contributed by atoms with Crippen LogP contribution in [0.3, 0.4) is 0 Å². The van der Waals surface area contributed by atoms with Crippen LogP contribution < -0.4 is 10.6 Å². The van der Waals surface area contributed by atoms with Crippen molar-refractivity contribution in [3.63, 3.8) is 0 Å². The van der Waals surface area contributed by atoms with Gasteiger partial charge < -0.3 is 15.7 Å². The van der Waals surface area contributed by atoms with E-state index in [0.29, 0.717) is 32.5 Å². The number of hydrogen-bond acceptors (Lipinski definition) is 5. The maximum absolute atomic E-state index is 11.8. The zero-order chi connectivity index (χ0) is 13.6. The molecule has 1 heterocycles. The van der Waals surface area contributed by atoms with Crippen LogP contribution in [0.15, 0.2) is 0 Å². The van der Waals surface area contributed by atoms with Gasteiger partial charge in [0.1, 0.15) is 5.75 Å². The highest BCUT2D eigenvalue weighted by molar-refractivity contribution is 7.92. The van der Waals surface area contributed by atoms with Crippen molar-refractivity contribution in [1.82, 2.24) is 10.6 Å². The van der Waals surface area contributed by atoms with E-state index in [-0.39, 0.29) is 5.75 Å². The van der Waals surface area contributed by atoms with Gasteiger partial charge in [-0.15, -0.1) is 0 Å². The number of amides is 1. The summed E-state index contributed by atoms with van der Waals surface area (Å²) in [6, 6.07) is 0. The quantitative estimate of drug-likeness (QED) is 0.582. The van der Waals surface area contributed by atoms with Crippen LogP contribution in [0.1, 0.15) is 26.2 Å². The van der Waals surface area contributed by atoms with Crippen molar-refractivity contribution >= 4 is 15.7 Å². The zero-order valence-corrected chi connectivity index (χ0v) is 11.6. The molecule has 0 aromatic carbocycles. The Morgan fingerprint density at radius 3 is 2.56 bits per heavy atom. The first kappa shape index (κ1) is 15.4. The first-order valence-electron chi connectivity index (χ1n) is 6.27. The third-order valence-electron chi connectivity index (χ3n) is 2.95. The number of hydrogen-bond donors (Lipinski definition) is 3. The molecule has 1 amide bonds. The first-order valence-corrected chi connectivity index (χ1v) is 8.09. The van der Waals surface area contributed by atoms with Crippen LogP contribution >= 0.6 is 0 Å². The maximum atomic E-state index is 11.8. The highest BCUT2D eigenvalue weighted by Gasteiger charge is 2.35. The van der Waals surface area contributed by atoms with Gasteiger partial charge in [-0.3, -0.25) is 4.79 Å². The summed E-state index contributed by atoms with van der Waals surface area (Å²) < 4.78 is 23.7. The molecule has 3 N–H and O–H groups in total. The van der Waals surface area contributed by atoms with Crippen molar-refractivity contribution < 1.29 is 18.3 Å². The number of aliphatic hydroxyl groups is 1. The number of nitrogens with one attached hydrogen (secondary N) is 2. The highest BCUT2D eigenvalue weighted by Crippen LogP contribution is 2.20. The van der Waals surface area contributed by atoms with E-state index in [9.17, 15) is 18.3 Å². The second-order valence-corrected chi connectivity index (χ2v) is 6.92. The summed E-state index contributed by atoms with van der Waals surface area (Å²) in [6.45, 7) is 3.58. The lowest BCUT2D eigenvalue weighted by Crippen LogP contribution is -2.47. The van der Waals surface area contributed by atoms with E-state index in [2.05, 4.69) is 10.6 Å². The molecular weight excluding hydrogens is 256 g/mol. The van der Waals surface area contributed by atoms with Crippen LogP contribution in [0, 0.1) is 0 Å². The fourth-order valence-electron chi connectivity index (χ4n) is 2.01. The van der Waals surface area contributed by atoms with E-state index in [1.165, 1.54) is 0 Å². The molecule has 0 unspecified atom stereocenters. The van der Waals surface area contributed by atoms with Gasteiger partial charge in [0.15, 0.2) is 9.84 Å². The summed E-state index contributed by atoms with van der Waals surface area (Å²) in [5.41, 5.74) is -1.19. The van der Waals surface area contributed by atoms with Gasteiger partial charge in [-0.2, -0.15) is 0 Å². The topological polar surface area (TPSA) is 95.5 Å². The minimum Gasteiger partial charge on any atom is -0.389 e. The monoisotopic (exact) mass is 278 g/mol. The van der Waals surface area contributed by atoms with Crippen LogP contribution in [0.2, 0.25) is 0 Å². The fraction of sp³-hybridized carbons (Fsp3) is 0.909. The van der Waals surface area contributed by atoms with Gasteiger partial charge >= 0.3 is 0 Å². The molecule has 7 heteroatoms.